The van der Waals surface area contributed by atoms with Crippen LogP contribution in [0.4, 0.5) is 11.4 Å². The molecule has 262 valence electrons. The lowest BCUT2D eigenvalue weighted by molar-refractivity contribution is -0.132. The number of carbonyl (C=O) groups is 2. The molecule has 3 aromatic carbocycles. The fraction of sp³-hybridized carbons (Fsp3) is 0.432. The second-order valence-electron chi connectivity index (χ2n) is 12.1. The summed E-state index contributed by atoms with van der Waals surface area (Å²) in [4.78, 5) is 44.5. The van der Waals surface area contributed by atoms with Gasteiger partial charge in [-0.2, -0.15) is 11.8 Å². The number of thioether (sulfide) groups is 1. The van der Waals surface area contributed by atoms with Gasteiger partial charge in [-0.3, -0.25) is 14.4 Å². The Morgan fingerprint density at radius 3 is 2.35 bits per heavy atom. The van der Waals surface area contributed by atoms with E-state index in [1.54, 1.807) is 52.3 Å². The van der Waals surface area contributed by atoms with Crippen LogP contribution in [0.5, 0.6) is 23.0 Å². The zero-order valence-corrected chi connectivity index (χ0v) is 29.9. The average Bonchev–Trinajstić information content (AvgIpc) is 3.36. The Morgan fingerprint density at radius 2 is 1.69 bits per heavy atom. The lowest BCUT2D eigenvalue weighted by Gasteiger charge is -2.37. The number of amides is 2. The molecule has 1 aliphatic heterocycles. The van der Waals surface area contributed by atoms with Crippen molar-refractivity contribution in [3.05, 3.63) is 69.9 Å². The minimum Gasteiger partial charge on any atom is -0.497 e. The number of hydrogen-bond donors (Lipinski definition) is 2. The zero-order chi connectivity index (χ0) is 35.1. The number of carbonyl (C=O) groups excluding carboxylic acids is 2. The summed E-state index contributed by atoms with van der Waals surface area (Å²) in [5.41, 5.74) is 4.21. The molecule has 0 radical (unpaired) electrons. The van der Waals surface area contributed by atoms with Crippen LogP contribution in [0, 0.1) is 0 Å². The number of aryl methyl sites for hydroxylation is 1. The van der Waals surface area contributed by atoms with Crippen LogP contribution in [0.25, 0.3) is 11.1 Å². The van der Waals surface area contributed by atoms with Gasteiger partial charge in [0.1, 0.15) is 11.8 Å². The summed E-state index contributed by atoms with van der Waals surface area (Å²) < 4.78 is 22.6. The fourth-order valence-corrected chi connectivity index (χ4v) is 7.19. The van der Waals surface area contributed by atoms with E-state index in [9.17, 15) is 14.4 Å². The monoisotopic (exact) mass is 690 g/mol. The van der Waals surface area contributed by atoms with Crippen molar-refractivity contribution in [1.82, 2.24) is 10.2 Å². The van der Waals surface area contributed by atoms with Crippen LogP contribution >= 0.6 is 11.8 Å². The Balaban J connectivity index is 1.49. The average molecular weight is 691 g/mol. The maximum atomic E-state index is 14.0. The third-order valence-corrected chi connectivity index (χ3v) is 9.81. The molecule has 3 aromatic rings. The third-order valence-electron chi connectivity index (χ3n) is 9.16. The van der Waals surface area contributed by atoms with Crippen LogP contribution in [0.1, 0.15) is 36.9 Å². The maximum Gasteiger partial charge on any atom is 0.245 e. The van der Waals surface area contributed by atoms with Gasteiger partial charge in [0.15, 0.2) is 11.5 Å². The predicted molar refractivity (Wildman–Crippen MR) is 195 cm³/mol. The van der Waals surface area contributed by atoms with Gasteiger partial charge in [0, 0.05) is 50.4 Å². The lowest BCUT2D eigenvalue weighted by Crippen LogP contribution is -2.53. The first kappa shape index (κ1) is 35.7. The molecule has 12 heteroatoms. The molecule has 0 saturated carbocycles. The van der Waals surface area contributed by atoms with E-state index in [1.165, 1.54) is 6.92 Å². The molecule has 2 atom stereocenters. The fourth-order valence-electron chi connectivity index (χ4n) is 6.72. The van der Waals surface area contributed by atoms with Crippen molar-refractivity contribution in [2.24, 2.45) is 0 Å². The van der Waals surface area contributed by atoms with E-state index in [2.05, 4.69) is 15.5 Å². The molecule has 1 fully saturated rings. The predicted octanol–water partition coefficient (Wildman–Crippen LogP) is 4.75. The van der Waals surface area contributed by atoms with E-state index in [0.29, 0.717) is 73.9 Å². The molecule has 49 heavy (non-hydrogen) atoms. The topological polar surface area (TPSA) is 119 Å². The molecule has 11 nitrogen and oxygen atoms in total. The number of anilines is 2. The van der Waals surface area contributed by atoms with Crippen molar-refractivity contribution >= 4 is 35.0 Å². The first-order valence-corrected chi connectivity index (χ1v) is 17.8. The number of ether oxygens (including phenoxy) is 4. The number of nitrogens with one attached hydrogen (secondary N) is 2. The summed E-state index contributed by atoms with van der Waals surface area (Å²) in [6.45, 7) is 3.97. The van der Waals surface area contributed by atoms with Crippen LogP contribution < -0.4 is 39.9 Å². The summed E-state index contributed by atoms with van der Waals surface area (Å²) in [5, 5.41) is 6.38. The highest BCUT2D eigenvalue weighted by Crippen LogP contribution is 2.50. The largest absolute Gasteiger partial charge is 0.497 e. The second kappa shape index (κ2) is 16.2. The van der Waals surface area contributed by atoms with E-state index in [1.807, 2.05) is 47.6 Å². The molecular formula is C37H46N4O7S. The second-order valence-corrected chi connectivity index (χ2v) is 13.1. The van der Waals surface area contributed by atoms with Crippen molar-refractivity contribution < 1.29 is 28.5 Å². The van der Waals surface area contributed by atoms with Crippen LogP contribution in [-0.4, -0.2) is 89.4 Å². The van der Waals surface area contributed by atoms with Gasteiger partial charge in [0.25, 0.3) is 0 Å². The van der Waals surface area contributed by atoms with Gasteiger partial charge in [-0.1, -0.05) is 12.1 Å². The molecule has 0 aromatic heterocycles. The van der Waals surface area contributed by atoms with Crippen LogP contribution in [0.15, 0.2) is 53.3 Å². The summed E-state index contributed by atoms with van der Waals surface area (Å²) in [6, 6.07) is 14.0. The van der Waals surface area contributed by atoms with E-state index >= 15 is 0 Å². The standard InChI is InChI=1S/C37H46N4O7S/c1-23(42)38-29-12-10-24-20-33(46-3)35(47-4)36(48-5)34(24)27-11-13-30(32(43)22-28(27)29)39-31(14-19-49-6)37(44)41-17-15-40(16-18-41)25-8-7-9-26(21-25)45-2/h7-9,11,13,20-22,29,31H,10,12,14-19H2,1-6H3,(H,38,42)(H,39,43). The molecule has 2 unspecified atom stereocenters. The van der Waals surface area contributed by atoms with Gasteiger partial charge >= 0.3 is 0 Å². The third kappa shape index (κ3) is 7.85. The Morgan fingerprint density at radius 1 is 0.939 bits per heavy atom. The number of rotatable bonds is 12. The molecule has 0 spiro atoms. The Labute approximate surface area is 292 Å². The summed E-state index contributed by atoms with van der Waals surface area (Å²) in [6.07, 6.45) is 3.71. The number of nitrogens with zero attached hydrogens (tertiary/aromatic N) is 2. The van der Waals surface area contributed by atoms with E-state index < -0.39 is 12.1 Å². The molecule has 1 heterocycles. The first-order valence-electron chi connectivity index (χ1n) is 16.4. The highest BCUT2D eigenvalue weighted by atomic mass is 32.2. The maximum absolute atomic E-state index is 14.0. The highest BCUT2D eigenvalue weighted by Gasteiger charge is 2.31. The smallest absolute Gasteiger partial charge is 0.245 e. The zero-order valence-electron chi connectivity index (χ0n) is 29.1. The van der Waals surface area contributed by atoms with Crippen LogP contribution in [0.3, 0.4) is 0 Å². The van der Waals surface area contributed by atoms with Gasteiger partial charge in [-0.15, -0.1) is 0 Å². The normalized spacial score (nSPS) is 16.0. The molecule has 0 bridgehead atoms. The molecule has 2 N–H and O–H groups in total. The lowest BCUT2D eigenvalue weighted by atomic mass is 9.95. The van der Waals surface area contributed by atoms with E-state index in [0.717, 1.165) is 33.9 Å². The van der Waals surface area contributed by atoms with Crippen molar-refractivity contribution in [3.8, 4) is 34.1 Å². The summed E-state index contributed by atoms with van der Waals surface area (Å²) >= 11 is 1.65. The van der Waals surface area contributed by atoms with E-state index in [-0.39, 0.29) is 17.2 Å². The van der Waals surface area contributed by atoms with Gasteiger partial charge in [-0.05, 0) is 78.3 Å². The number of fused-ring (bicyclic) bond motifs is 3. The highest BCUT2D eigenvalue weighted by molar-refractivity contribution is 7.98. The molecule has 1 aliphatic carbocycles. The SMILES string of the molecule is COc1cccc(N2CCN(C(=O)C(CCSC)Nc3ccc4c(cc3=O)C(NC(C)=O)CCc3cc(OC)c(OC)c(OC)c3-4)CC2)c1. The van der Waals surface area contributed by atoms with E-state index in [4.69, 9.17) is 18.9 Å². The minimum absolute atomic E-state index is 0.0354. The molecule has 2 aliphatic rings. The van der Waals surface area contributed by atoms with Crippen molar-refractivity contribution in [2.75, 3.05) is 76.8 Å². The van der Waals surface area contributed by atoms with Gasteiger partial charge in [0.05, 0.1) is 40.2 Å². The molecular weight excluding hydrogens is 644 g/mol. The van der Waals surface area contributed by atoms with Crippen molar-refractivity contribution in [2.45, 2.75) is 38.3 Å². The number of piperazine rings is 1. The molecule has 5 rings (SSSR count). The number of hydrogen-bond acceptors (Lipinski definition) is 10. The quantitative estimate of drug-likeness (QED) is 0.276. The number of benzene rings is 2. The van der Waals surface area contributed by atoms with Crippen LogP contribution in [-0.2, 0) is 16.0 Å². The summed E-state index contributed by atoms with van der Waals surface area (Å²) in [5.74, 6) is 2.76. The molecule has 1 saturated heterocycles. The van der Waals surface area contributed by atoms with Gasteiger partial charge < -0.3 is 39.4 Å². The van der Waals surface area contributed by atoms with Gasteiger partial charge in [0.2, 0.25) is 23.0 Å². The van der Waals surface area contributed by atoms with Crippen molar-refractivity contribution in [1.29, 1.82) is 0 Å². The first-order chi connectivity index (χ1) is 23.7. The Hall–Kier alpha value is -4.58. The Kier molecular flexibility index (Phi) is 11.8. The molecule has 2 amide bonds. The minimum atomic E-state index is -0.594. The van der Waals surface area contributed by atoms with Crippen LogP contribution in [0.2, 0.25) is 0 Å². The Bertz CT molecular complexity index is 1730. The number of methoxy groups -OCH3 is 4. The summed E-state index contributed by atoms with van der Waals surface area (Å²) in [7, 11) is 6.35. The van der Waals surface area contributed by atoms with Gasteiger partial charge in [-0.25, -0.2) is 0 Å². The van der Waals surface area contributed by atoms with Crippen molar-refractivity contribution in [3.63, 3.8) is 0 Å².